The molecule has 28 nitrogen and oxygen atoms in total. The number of esters is 8. The Labute approximate surface area is 593 Å². The highest BCUT2D eigenvalue weighted by molar-refractivity contribution is 5.71. The molecule has 0 saturated carbocycles. The van der Waals surface area contributed by atoms with E-state index in [2.05, 4.69) is 86.1 Å². The summed E-state index contributed by atoms with van der Waals surface area (Å²) in [6.07, 6.45) is 28.0. The van der Waals surface area contributed by atoms with E-state index in [4.69, 9.17) is 22.9 Å². The van der Waals surface area contributed by atoms with Gasteiger partial charge in [-0.2, -0.15) is 0 Å². The molecule has 0 rings (SSSR count). The van der Waals surface area contributed by atoms with Crippen LogP contribution in [-0.4, -0.2) is 270 Å². The third kappa shape index (κ3) is 87.4. The van der Waals surface area contributed by atoms with Gasteiger partial charge in [0.25, 0.3) is 0 Å². The minimum Gasteiger partial charge on any atom is -0.469 e. The topological polar surface area (TPSA) is 384 Å². The molecular formula is C70H146N12O16. The average molecular weight is 1410 g/mol. The first-order chi connectivity index (χ1) is 47.5. The number of hydrogen-bond donors (Lipinski definition) is 9. The van der Waals surface area contributed by atoms with Gasteiger partial charge in [-0.3, -0.25) is 38.4 Å². The summed E-state index contributed by atoms with van der Waals surface area (Å²) in [6.45, 7) is 21.4. The Morgan fingerprint density at radius 2 is 0.459 bits per heavy atom. The van der Waals surface area contributed by atoms with Crippen molar-refractivity contribution < 1.29 is 76.3 Å². The Balaban J connectivity index is -0.000000370. The maximum absolute atomic E-state index is 11.2. The SMILES string of the molecule is CCCCCCN(CCN)CCC(=O)OC.COC(=O)CCCCCNCCCCCN.COC(=O)CCCCCNCCCCCNCCC(=O)OC.COC(=O)CCCCCNCCN(CCN)CCC(=O)OC.COC(=O)CCNCCN(CCCCCN)CCC(=O)OC. The second-order valence-electron chi connectivity index (χ2n) is 23.5. The predicted molar refractivity (Wildman–Crippen MR) is 390 cm³/mol. The number of nitrogens with zero attached hydrogens (tertiary/aromatic N) is 3. The molecule has 0 radical (unpaired) electrons. The van der Waals surface area contributed by atoms with E-state index in [0.717, 1.165) is 201 Å². The van der Waals surface area contributed by atoms with Crippen LogP contribution in [0.5, 0.6) is 0 Å². The summed E-state index contributed by atoms with van der Waals surface area (Å²) in [5.74, 6) is -1.26. The number of rotatable bonds is 64. The molecule has 98 heavy (non-hydrogen) atoms. The summed E-state index contributed by atoms with van der Waals surface area (Å²) in [7, 11) is 11.3. The molecule has 13 N–H and O–H groups in total. The summed E-state index contributed by atoms with van der Waals surface area (Å²) in [5, 5.41) is 16.6. The fourth-order valence-electron chi connectivity index (χ4n) is 9.17. The number of ether oxygens (including phenoxy) is 8. The van der Waals surface area contributed by atoms with E-state index in [1.54, 1.807) is 0 Å². The van der Waals surface area contributed by atoms with Crippen molar-refractivity contribution in [1.29, 1.82) is 0 Å². The van der Waals surface area contributed by atoms with Crippen LogP contribution in [0.3, 0.4) is 0 Å². The van der Waals surface area contributed by atoms with E-state index in [-0.39, 0.29) is 47.8 Å². The number of hydrogen-bond acceptors (Lipinski definition) is 28. The van der Waals surface area contributed by atoms with Gasteiger partial charge in [0.15, 0.2) is 0 Å². The maximum atomic E-state index is 11.2. The zero-order valence-corrected chi connectivity index (χ0v) is 63.2. The summed E-state index contributed by atoms with van der Waals surface area (Å²) >= 11 is 0. The molecule has 0 aromatic rings. The van der Waals surface area contributed by atoms with Gasteiger partial charge in [-0.25, -0.2) is 0 Å². The second kappa shape index (κ2) is 86.5. The zero-order valence-electron chi connectivity index (χ0n) is 63.2. The van der Waals surface area contributed by atoms with Gasteiger partial charge < -0.3 is 102 Å². The molecule has 0 aliphatic rings. The molecular weight excluding hydrogens is 1260 g/mol. The molecule has 0 aliphatic carbocycles. The standard InChI is InChI=1S/C16H32N2O4.2C15H31N3O4.2C12H26N2O2/c1-21-15(19)9-5-3-6-11-17-12-7-4-8-13-18-14-10-16(20)22-2;1-21-14(19)6-9-17-10-13-18(11-5-3-4-8-16)12-7-15(20)22-2;1-21-14(19)6-4-3-5-9-17-10-13-18(12-8-16)11-7-15(20)22-2;1-16-12(15)8-4-2-6-10-14-11-7-3-5-9-13;1-3-4-5-6-9-14(11-8-13)10-7-12(15)16-2/h17-18H,3-14H2,1-2H3;2*17H,3-13,16H2,1-2H3;14H,2-11,13H2,1H3;3-11,13H2,1-2H3. The quantitative estimate of drug-likeness (QED) is 0.0226. The lowest BCUT2D eigenvalue weighted by Crippen LogP contribution is -2.37. The Hall–Kier alpha value is -4.72. The first-order valence-electron chi connectivity index (χ1n) is 36.6. The van der Waals surface area contributed by atoms with E-state index >= 15 is 0 Å². The van der Waals surface area contributed by atoms with Gasteiger partial charge in [0, 0.05) is 104 Å². The summed E-state index contributed by atoms with van der Waals surface area (Å²) < 4.78 is 36.8. The fraction of sp³-hybridized carbons (Fsp3) is 0.886. The average Bonchev–Trinajstić information content (AvgIpc) is 3.72. The van der Waals surface area contributed by atoms with Crippen LogP contribution in [0.2, 0.25) is 0 Å². The number of nitrogens with one attached hydrogen (secondary N) is 5. The van der Waals surface area contributed by atoms with Crippen molar-refractivity contribution in [3.63, 3.8) is 0 Å². The number of methoxy groups -OCH3 is 8. The van der Waals surface area contributed by atoms with Gasteiger partial charge in [0.1, 0.15) is 0 Å². The molecule has 0 aromatic carbocycles. The van der Waals surface area contributed by atoms with Crippen LogP contribution in [-0.2, 0) is 76.3 Å². The molecule has 0 aromatic heterocycles. The van der Waals surface area contributed by atoms with Gasteiger partial charge in [-0.1, -0.05) is 64.7 Å². The van der Waals surface area contributed by atoms with E-state index in [0.29, 0.717) is 90.6 Å². The highest BCUT2D eigenvalue weighted by Crippen LogP contribution is 2.06. The summed E-state index contributed by atoms with van der Waals surface area (Å²) in [4.78, 5) is 94.5. The number of carbonyl (C=O) groups is 8. The number of unbranched alkanes of at least 4 members (excludes halogenated alkanes) is 15. The van der Waals surface area contributed by atoms with Gasteiger partial charge in [0.2, 0.25) is 0 Å². The van der Waals surface area contributed by atoms with Crippen LogP contribution >= 0.6 is 0 Å². The second-order valence-corrected chi connectivity index (χ2v) is 23.5. The maximum Gasteiger partial charge on any atom is 0.306 e. The van der Waals surface area contributed by atoms with Crippen LogP contribution < -0.4 is 49.5 Å². The fourth-order valence-corrected chi connectivity index (χ4v) is 9.17. The Bertz CT molecular complexity index is 1760. The lowest BCUT2D eigenvalue weighted by Gasteiger charge is -2.22. The molecule has 0 spiro atoms. The van der Waals surface area contributed by atoms with Crippen LogP contribution in [0.15, 0.2) is 0 Å². The van der Waals surface area contributed by atoms with Crippen LogP contribution in [0.4, 0.5) is 0 Å². The molecule has 0 saturated heterocycles. The highest BCUT2D eigenvalue weighted by atomic mass is 16.5. The molecule has 28 heteroatoms. The van der Waals surface area contributed by atoms with Gasteiger partial charge >= 0.3 is 47.8 Å². The van der Waals surface area contributed by atoms with Gasteiger partial charge in [-0.15, -0.1) is 0 Å². The molecule has 0 atom stereocenters. The summed E-state index contributed by atoms with van der Waals surface area (Å²) in [6, 6.07) is 0. The first kappa shape index (κ1) is 102. The lowest BCUT2D eigenvalue weighted by molar-refractivity contribution is -0.141. The van der Waals surface area contributed by atoms with E-state index < -0.39 is 0 Å². The third-order valence-electron chi connectivity index (χ3n) is 15.3. The first-order valence-corrected chi connectivity index (χ1v) is 36.6. The Morgan fingerprint density at radius 3 is 0.765 bits per heavy atom. The zero-order chi connectivity index (χ0) is 74.0. The van der Waals surface area contributed by atoms with Crippen molar-refractivity contribution in [3.05, 3.63) is 0 Å². The van der Waals surface area contributed by atoms with Gasteiger partial charge in [-0.05, 0) is 149 Å². The van der Waals surface area contributed by atoms with E-state index in [1.165, 1.54) is 108 Å². The van der Waals surface area contributed by atoms with Crippen molar-refractivity contribution in [2.24, 2.45) is 22.9 Å². The minimum atomic E-state index is -0.211. The Morgan fingerprint density at radius 1 is 0.224 bits per heavy atom. The Kier molecular flexibility index (Phi) is 90.0. The molecule has 0 heterocycles. The third-order valence-corrected chi connectivity index (χ3v) is 15.3. The smallest absolute Gasteiger partial charge is 0.306 e. The van der Waals surface area contributed by atoms with E-state index in [1.807, 2.05) is 0 Å². The normalized spacial score (nSPS) is 10.6. The van der Waals surface area contributed by atoms with Crippen LogP contribution in [0.1, 0.15) is 200 Å². The molecule has 0 amide bonds. The summed E-state index contributed by atoms with van der Waals surface area (Å²) in [5.41, 5.74) is 22.0. The number of nitrogens with two attached hydrogens (primary N) is 4. The van der Waals surface area contributed by atoms with Crippen molar-refractivity contribution in [1.82, 2.24) is 41.3 Å². The molecule has 0 unspecified atom stereocenters. The molecule has 0 aliphatic heterocycles. The monoisotopic (exact) mass is 1410 g/mol. The molecule has 0 bridgehead atoms. The number of carbonyl (C=O) groups excluding carboxylic acids is 8. The van der Waals surface area contributed by atoms with Crippen LogP contribution in [0, 0.1) is 0 Å². The van der Waals surface area contributed by atoms with E-state index in [9.17, 15) is 38.4 Å². The lowest BCUT2D eigenvalue weighted by atomic mass is 10.2. The van der Waals surface area contributed by atoms with Gasteiger partial charge in [0.05, 0.1) is 89.0 Å². The van der Waals surface area contributed by atoms with Crippen molar-refractivity contribution in [3.8, 4) is 0 Å². The van der Waals surface area contributed by atoms with Crippen molar-refractivity contribution in [2.75, 3.05) is 207 Å². The van der Waals surface area contributed by atoms with Crippen LogP contribution in [0.25, 0.3) is 0 Å². The largest absolute Gasteiger partial charge is 0.469 e. The van der Waals surface area contributed by atoms with Crippen molar-refractivity contribution in [2.45, 2.75) is 200 Å². The molecule has 582 valence electrons. The highest BCUT2D eigenvalue weighted by Gasteiger charge is 2.12. The predicted octanol–water partition coefficient (Wildman–Crippen LogP) is 4.73. The minimum absolute atomic E-state index is 0.102. The molecule has 0 fully saturated rings. The van der Waals surface area contributed by atoms with Crippen molar-refractivity contribution >= 4 is 47.8 Å².